The number of carbonyl (C=O) groups excluding carboxylic acids is 1. The zero-order chi connectivity index (χ0) is 27.2. The molecule has 202 valence electrons. The van der Waals surface area contributed by atoms with Gasteiger partial charge in [-0.3, -0.25) is 4.79 Å². The SMILES string of the molecule is CC1C(CSc2nccn2C)OC(c2ccc(CNC(=O)c3ccccc3)cc2)OC1c1ccc(CO)cc1. The highest BCUT2D eigenvalue weighted by molar-refractivity contribution is 7.99. The van der Waals surface area contributed by atoms with Crippen LogP contribution in [0.1, 0.15) is 51.9 Å². The molecule has 1 aromatic heterocycles. The molecule has 2 N–H and O–H groups in total. The van der Waals surface area contributed by atoms with Gasteiger partial charge < -0.3 is 24.5 Å². The van der Waals surface area contributed by atoms with Gasteiger partial charge in [-0.1, -0.05) is 85.4 Å². The average Bonchev–Trinajstić information content (AvgIpc) is 3.40. The van der Waals surface area contributed by atoms with E-state index >= 15 is 0 Å². The number of hydrogen-bond donors (Lipinski definition) is 2. The molecule has 1 aliphatic heterocycles. The first-order chi connectivity index (χ1) is 19.0. The second-order valence-corrected chi connectivity index (χ2v) is 10.7. The van der Waals surface area contributed by atoms with Crippen molar-refractivity contribution in [3.8, 4) is 0 Å². The largest absolute Gasteiger partial charge is 0.392 e. The van der Waals surface area contributed by atoms with Crippen LogP contribution in [-0.4, -0.2) is 32.4 Å². The normalized spacial score (nSPS) is 21.0. The minimum absolute atomic E-state index is 0.00811. The van der Waals surface area contributed by atoms with Gasteiger partial charge in [0.25, 0.3) is 5.91 Å². The van der Waals surface area contributed by atoms with Crippen LogP contribution in [0.25, 0.3) is 0 Å². The number of thioether (sulfide) groups is 1. The number of rotatable bonds is 9. The number of nitrogens with zero attached hydrogens (tertiary/aromatic N) is 2. The first kappa shape index (κ1) is 27.1. The van der Waals surface area contributed by atoms with E-state index < -0.39 is 6.29 Å². The van der Waals surface area contributed by atoms with Gasteiger partial charge in [0.05, 0.1) is 18.8 Å². The molecule has 0 bridgehead atoms. The van der Waals surface area contributed by atoms with Crippen LogP contribution in [0.5, 0.6) is 0 Å². The molecule has 0 aliphatic carbocycles. The van der Waals surface area contributed by atoms with Crippen molar-refractivity contribution in [1.82, 2.24) is 14.9 Å². The Morgan fingerprint density at radius 2 is 1.67 bits per heavy atom. The van der Waals surface area contributed by atoms with E-state index in [1.807, 2.05) is 84.5 Å². The van der Waals surface area contributed by atoms with E-state index in [0.717, 1.165) is 33.2 Å². The van der Waals surface area contributed by atoms with Crippen LogP contribution in [-0.2, 0) is 29.7 Å². The van der Waals surface area contributed by atoms with Crippen molar-refractivity contribution in [1.29, 1.82) is 0 Å². The topological polar surface area (TPSA) is 85.6 Å². The molecule has 0 radical (unpaired) electrons. The van der Waals surface area contributed by atoms with Gasteiger partial charge in [0.1, 0.15) is 0 Å². The van der Waals surface area contributed by atoms with E-state index in [9.17, 15) is 9.90 Å². The first-order valence-corrected chi connectivity index (χ1v) is 14.0. The number of nitrogens with one attached hydrogen (secondary N) is 1. The van der Waals surface area contributed by atoms with E-state index in [2.05, 4.69) is 17.2 Å². The molecule has 2 heterocycles. The number of aliphatic hydroxyl groups excluding tert-OH is 1. The van der Waals surface area contributed by atoms with Crippen molar-refractivity contribution in [3.05, 3.63) is 119 Å². The minimum Gasteiger partial charge on any atom is -0.392 e. The lowest BCUT2D eigenvalue weighted by Gasteiger charge is -2.41. The van der Waals surface area contributed by atoms with Crippen molar-refractivity contribution in [2.45, 2.75) is 43.7 Å². The Labute approximate surface area is 233 Å². The van der Waals surface area contributed by atoms with E-state index in [1.165, 1.54) is 0 Å². The van der Waals surface area contributed by atoms with Gasteiger partial charge in [0.15, 0.2) is 11.4 Å². The fourth-order valence-corrected chi connectivity index (χ4v) is 5.72. The van der Waals surface area contributed by atoms with E-state index in [-0.39, 0.29) is 30.6 Å². The summed E-state index contributed by atoms with van der Waals surface area (Å²) in [5.41, 5.74) is 4.47. The van der Waals surface area contributed by atoms with Gasteiger partial charge in [0, 0.05) is 48.8 Å². The predicted octanol–water partition coefficient (Wildman–Crippen LogP) is 5.43. The highest BCUT2D eigenvalue weighted by atomic mass is 32.2. The lowest BCUT2D eigenvalue weighted by molar-refractivity contribution is -0.268. The fourth-order valence-electron chi connectivity index (χ4n) is 4.62. The molecule has 3 aromatic carbocycles. The van der Waals surface area contributed by atoms with Crippen molar-refractivity contribution in [3.63, 3.8) is 0 Å². The van der Waals surface area contributed by atoms with Crippen molar-refractivity contribution in [2.75, 3.05) is 5.75 Å². The molecule has 4 atom stereocenters. The van der Waals surface area contributed by atoms with Gasteiger partial charge in [0.2, 0.25) is 0 Å². The van der Waals surface area contributed by atoms with E-state index in [1.54, 1.807) is 30.1 Å². The number of benzene rings is 3. The summed E-state index contributed by atoms with van der Waals surface area (Å²) < 4.78 is 15.1. The van der Waals surface area contributed by atoms with Crippen LogP contribution in [0.15, 0.2) is 96.4 Å². The van der Waals surface area contributed by atoms with E-state index in [0.29, 0.717) is 12.1 Å². The van der Waals surface area contributed by atoms with Crippen LogP contribution in [0, 0.1) is 5.92 Å². The summed E-state index contributed by atoms with van der Waals surface area (Å²) >= 11 is 1.67. The molecule has 1 fully saturated rings. The molecule has 4 unspecified atom stereocenters. The number of aromatic nitrogens is 2. The number of ether oxygens (including phenoxy) is 2. The zero-order valence-electron chi connectivity index (χ0n) is 22.1. The molecule has 1 amide bonds. The Morgan fingerprint density at radius 1 is 0.974 bits per heavy atom. The Hall–Kier alpha value is -3.43. The maximum atomic E-state index is 12.4. The molecular weight excluding hydrogens is 510 g/mol. The summed E-state index contributed by atoms with van der Waals surface area (Å²) in [4.78, 5) is 16.8. The summed E-state index contributed by atoms with van der Waals surface area (Å²) in [5, 5.41) is 13.4. The molecule has 1 saturated heterocycles. The first-order valence-electron chi connectivity index (χ1n) is 13.0. The van der Waals surface area contributed by atoms with Crippen molar-refractivity contribution < 1.29 is 19.4 Å². The second-order valence-electron chi connectivity index (χ2n) is 9.74. The monoisotopic (exact) mass is 543 g/mol. The molecule has 7 nitrogen and oxygen atoms in total. The summed E-state index contributed by atoms with van der Waals surface area (Å²) in [6, 6.07) is 25.1. The summed E-state index contributed by atoms with van der Waals surface area (Å²) in [7, 11) is 1.99. The van der Waals surface area contributed by atoms with Gasteiger partial charge >= 0.3 is 0 Å². The van der Waals surface area contributed by atoms with Gasteiger partial charge in [-0.15, -0.1) is 0 Å². The number of aliphatic hydroxyl groups is 1. The van der Waals surface area contributed by atoms with Crippen LogP contribution < -0.4 is 5.32 Å². The molecule has 5 rings (SSSR count). The number of carbonyl (C=O) groups is 1. The Kier molecular flexibility index (Phi) is 8.78. The second kappa shape index (κ2) is 12.6. The highest BCUT2D eigenvalue weighted by Crippen LogP contribution is 2.42. The Balaban J connectivity index is 1.30. The van der Waals surface area contributed by atoms with Crippen molar-refractivity contribution in [2.24, 2.45) is 13.0 Å². The van der Waals surface area contributed by atoms with Crippen molar-refractivity contribution >= 4 is 17.7 Å². The molecule has 8 heteroatoms. The fraction of sp³-hybridized carbons (Fsp3) is 0.290. The number of aryl methyl sites for hydroxylation is 1. The minimum atomic E-state index is -0.538. The molecule has 4 aromatic rings. The number of imidazole rings is 1. The molecular formula is C31H33N3O4S. The summed E-state index contributed by atoms with van der Waals surface area (Å²) in [5.74, 6) is 0.734. The molecule has 0 saturated carbocycles. The third-order valence-corrected chi connectivity index (χ3v) is 8.16. The predicted molar refractivity (Wildman–Crippen MR) is 151 cm³/mol. The third kappa shape index (κ3) is 6.59. The smallest absolute Gasteiger partial charge is 0.251 e. The highest BCUT2D eigenvalue weighted by Gasteiger charge is 2.38. The van der Waals surface area contributed by atoms with Gasteiger partial charge in [-0.2, -0.15) is 0 Å². The number of hydrogen-bond acceptors (Lipinski definition) is 6. The molecule has 0 spiro atoms. The van der Waals surface area contributed by atoms with E-state index in [4.69, 9.17) is 9.47 Å². The molecule has 39 heavy (non-hydrogen) atoms. The zero-order valence-corrected chi connectivity index (χ0v) is 22.9. The maximum absolute atomic E-state index is 12.4. The Bertz CT molecular complexity index is 1360. The lowest BCUT2D eigenvalue weighted by Crippen LogP contribution is -2.38. The van der Waals surface area contributed by atoms with Crippen LogP contribution in [0.2, 0.25) is 0 Å². The van der Waals surface area contributed by atoms with Crippen LogP contribution in [0.3, 0.4) is 0 Å². The quantitative estimate of drug-likeness (QED) is 0.274. The summed E-state index contributed by atoms with van der Waals surface area (Å²) in [6.45, 7) is 2.59. The van der Waals surface area contributed by atoms with Gasteiger partial charge in [-0.25, -0.2) is 4.98 Å². The molecule has 1 aliphatic rings. The summed E-state index contributed by atoms with van der Waals surface area (Å²) in [6.07, 6.45) is 2.96. The van der Waals surface area contributed by atoms with Crippen LogP contribution in [0.4, 0.5) is 0 Å². The lowest BCUT2D eigenvalue weighted by atomic mass is 9.91. The van der Waals surface area contributed by atoms with Crippen LogP contribution >= 0.6 is 11.8 Å². The average molecular weight is 544 g/mol. The van der Waals surface area contributed by atoms with Gasteiger partial charge in [-0.05, 0) is 28.8 Å². The Morgan fingerprint density at radius 3 is 2.33 bits per heavy atom. The third-order valence-electron chi connectivity index (χ3n) is 7.02. The number of amides is 1. The standard InChI is InChI=1S/C31H33N3O4S/c1-21-27(20-39-31-32-16-17-34(31)2)37-30(38-28(21)24-12-10-23(19-35)11-13-24)26-14-8-22(9-15-26)18-33-29(36)25-6-4-3-5-7-25/h3-17,21,27-28,30,35H,18-20H2,1-2H3,(H,33,36). The maximum Gasteiger partial charge on any atom is 0.251 e.